The summed E-state index contributed by atoms with van der Waals surface area (Å²) < 4.78 is 6.34. The molecule has 0 spiro atoms. The Morgan fingerprint density at radius 3 is 2.83 bits per heavy atom. The van der Waals surface area contributed by atoms with Crippen molar-refractivity contribution in [1.82, 2.24) is 0 Å². The van der Waals surface area contributed by atoms with Gasteiger partial charge in [0.25, 0.3) is 0 Å². The van der Waals surface area contributed by atoms with Crippen LogP contribution in [0.5, 0.6) is 0 Å². The highest BCUT2D eigenvalue weighted by atomic mass is 16.3. The van der Waals surface area contributed by atoms with Crippen molar-refractivity contribution in [3.63, 3.8) is 0 Å². The van der Waals surface area contributed by atoms with E-state index < -0.39 is 0 Å². The molecule has 0 rings (SSSR count). The Bertz CT molecular complexity index is 39.1. The highest BCUT2D eigenvalue weighted by molar-refractivity contribution is 4.41. The molecule has 0 saturated heterocycles. The van der Waals surface area contributed by atoms with Crippen LogP contribution in [0.1, 0.15) is 20.3 Å². The second-order valence-electron chi connectivity index (χ2n) is 1.68. The fourth-order valence-electron chi connectivity index (χ4n) is 0.118. The van der Waals surface area contributed by atoms with Crippen molar-refractivity contribution in [2.45, 2.75) is 20.3 Å². The summed E-state index contributed by atoms with van der Waals surface area (Å²) in [4.78, 5) is 0. The van der Waals surface area contributed by atoms with E-state index in [0.717, 1.165) is 6.42 Å². The van der Waals surface area contributed by atoms with Crippen LogP contribution >= 0.6 is 0 Å². The van der Waals surface area contributed by atoms with Gasteiger partial charge in [-0.15, -0.1) is 0 Å². The lowest BCUT2D eigenvalue weighted by Crippen LogP contribution is -1.96. The zero-order chi connectivity index (χ0) is 5.70. The molecule has 0 heterocycles. The summed E-state index contributed by atoms with van der Waals surface area (Å²) in [6, 6.07) is 0. The van der Waals surface area contributed by atoms with E-state index in [1.54, 1.807) is 0 Å². The van der Waals surface area contributed by atoms with Gasteiger partial charge in [-0.2, -0.15) is 0 Å². The van der Waals surface area contributed by atoms with E-state index in [-0.39, 0.29) is 0 Å². The third-order valence-corrected chi connectivity index (χ3v) is 0.981. The number of hydrogen-bond acceptors (Lipinski definition) is 1. The van der Waals surface area contributed by atoms with E-state index in [9.17, 15) is 0 Å². The van der Waals surface area contributed by atoms with Crippen LogP contribution in [0.2, 0.25) is 0 Å². The SMILES string of the molecule is [2H]OCC(C)CC. The number of hydrogen-bond donors (Lipinski definition) is 1. The van der Waals surface area contributed by atoms with Crippen LogP contribution in [0.25, 0.3) is 0 Å². The van der Waals surface area contributed by atoms with E-state index in [4.69, 9.17) is 1.43 Å². The average Bonchev–Trinajstić information content (AvgIpc) is 1.68. The van der Waals surface area contributed by atoms with Gasteiger partial charge in [-0.05, 0) is 5.92 Å². The van der Waals surface area contributed by atoms with Crippen LogP contribution in [0.3, 0.4) is 0 Å². The van der Waals surface area contributed by atoms with E-state index in [0.29, 0.717) is 12.5 Å². The summed E-state index contributed by atoms with van der Waals surface area (Å²) in [7, 11) is 0. The Labute approximate surface area is 40.5 Å². The Kier molecular flexibility index (Phi) is 2.18. The lowest BCUT2D eigenvalue weighted by Gasteiger charge is -1.98. The Balaban J connectivity index is 2.83. The number of aliphatic hydroxyl groups is 1. The maximum Gasteiger partial charge on any atom is 0.210 e. The lowest BCUT2D eigenvalue weighted by molar-refractivity contribution is 0.234. The van der Waals surface area contributed by atoms with Crippen LogP contribution in [0, 0.1) is 5.92 Å². The predicted molar refractivity (Wildman–Crippen MR) is 26.5 cm³/mol. The van der Waals surface area contributed by atoms with Crippen LogP contribution in [-0.2, 0) is 0 Å². The second kappa shape index (κ2) is 3.16. The molecule has 1 N–H and O–H groups in total. The predicted octanol–water partition coefficient (Wildman–Crippen LogP) is 1.02. The summed E-state index contributed by atoms with van der Waals surface area (Å²) in [5, 5.41) is 4.14. The molecule has 0 fully saturated rings. The molecule has 0 amide bonds. The van der Waals surface area contributed by atoms with Crippen LogP contribution < -0.4 is 0 Å². The largest absolute Gasteiger partial charge is 0.396 e. The van der Waals surface area contributed by atoms with Crippen LogP contribution in [0.15, 0.2) is 0 Å². The first-order chi connectivity index (χ1) is 3.31. The van der Waals surface area contributed by atoms with Gasteiger partial charge in [0.2, 0.25) is 1.43 Å². The summed E-state index contributed by atoms with van der Waals surface area (Å²) in [6.45, 7) is 4.72. The summed E-state index contributed by atoms with van der Waals surface area (Å²) in [5.41, 5.74) is 0. The first-order valence-corrected chi connectivity index (χ1v) is 2.39. The van der Waals surface area contributed by atoms with Crippen molar-refractivity contribution in [2.24, 2.45) is 5.92 Å². The molecule has 6 heavy (non-hydrogen) atoms. The molecule has 0 aromatic heterocycles. The van der Waals surface area contributed by atoms with E-state index in [1.807, 2.05) is 0 Å². The highest BCUT2D eigenvalue weighted by Crippen LogP contribution is 1.95. The van der Waals surface area contributed by atoms with Crippen molar-refractivity contribution >= 4 is 0 Å². The minimum atomic E-state index is 0.539. The second-order valence-corrected chi connectivity index (χ2v) is 1.68. The van der Waals surface area contributed by atoms with Gasteiger partial charge in [0.1, 0.15) is 0 Å². The quantitative estimate of drug-likeness (QED) is 0.547. The van der Waals surface area contributed by atoms with Crippen molar-refractivity contribution in [1.29, 1.82) is 1.43 Å². The zero-order valence-electron chi connectivity index (χ0n) is 5.40. The standard InChI is InChI=1S/C5H12O/c1-3-5(2)4-6/h5-6H,3-4H2,1-2H3/i6D. The molecular formula is C5H12O. The van der Waals surface area contributed by atoms with Crippen molar-refractivity contribution in [3.8, 4) is 0 Å². The van der Waals surface area contributed by atoms with Gasteiger partial charge in [0.15, 0.2) is 0 Å². The molecule has 0 bridgehead atoms. The van der Waals surface area contributed by atoms with Crippen LogP contribution in [0.4, 0.5) is 0 Å². The summed E-state index contributed by atoms with van der Waals surface area (Å²) in [6.07, 6.45) is 1.10. The number of rotatable bonds is 3. The summed E-state index contributed by atoms with van der Waals surface area (Å²) >= 11 is 0. The third kappa shape index (κ3) is 2.21. The molecule has 1 atom stereocenters. The molecule has 1 nitrogen and oxygen atoms in total. The summed E-state index contributed by atoms with van der Waals surface area (Å²) in [5.74, 6) is 0.539. The van der Waals surface area contributed by atoms with E-state index in [2.05, 4.69) is 19.0 Å². The molecule has 38 valence electrons. The molecule has 0 aliphatic heterocycles. The Hall–Kier alpha value is -0.0400. The highest BCUT2D eigenvalue weighted by Gasteiger charge is 1.90. The molecule has 0 saturated carbocycles. The van der Waals surface area contributed by atoms with Crippen molar-refractivity contribution in [3.05, 3.63) is 0 Å². The van der Waals surface area contributed by atoms with Gasteiger partial charge in [-0.3, -0.25) is 0 Å². The maximum absolute atomic E-state index is 6.34. The third-order valence-electron chi connectivity index (χ3n) is 0.981. The monoisotopic (exact) mass is 89.1 g/mol. The molecule has 0 aromatic rings. The first-order valence-electron chi connectivity index (χ1n) is 2.80. The van der Waals surface area contributed by atoms with Crippen LogP contribution in [-0.4, -0.2) is 13.1 Å². The molecular weight excluding hydrogens is 76.1 g/mol. The molecule has 0 aliphatic carbocycles. The van der Waals surface area contributed by atoms with Gasteiger partial charge in [-0.25, -0.2) is 0 Å². The molecule has 0 aliphatic rings. The lowest BCUT2D eigenvalue weighted by atomic mass is 10.1. The smallest absolute Gasteiger partial charge is 0.210 e. The average molecular weight is 89.2 g/mol. The Morgan fingerprint density at radius 2 is 2.67 bits per heavy atom. The first kappa shape index (κ1) is 4.13. The van der Waals surface area contributed by atoms with E-state index >= 15 is 0 Å². The van der Waals surface area contributed by atoms with Gasteiger partial charge < -0.3 is 5.11 Å². The van der Waals surface area contributed by atoms with E-state index in [1.165, 1.54) is 0 Å². The normalized spacial score (nSPS) is 16.7. The molecule has 0 radical (unpaired) electrons. The van der Waals surface area contributed by atoms with Crippen molar-refractivity contribution in [2.75, 3.05) is 6.61 Å². The molecule has 0 aromatic carbocycles. The minimum absolute atomic E-state index is 0.539. The van der Waals surface area contributed by atoms with Crippen molar-refractivity contribution < 1.29 is 5.11 Å². The minimum Gasteiger partial charge on any atom is -0.396 e. The fourth-order valence-corrected chi connectivity index (χ4v) is 0.118. The molecule has 1 heteroatoms. The topological polar surface area (TPSA) is 20.2 Å². The Morgan fingerprint density at radius 1 is 2.00 bits per heavy atom. The van der Waals surface area contributed by atoms with Gasteiger partial charge in [0.05, 0.1) is 0 Å². The van der Waals surface area contributed by atoms with Gasteiger partial charge >= 0.3 is 0 Å². The zero-order valence-corrected chi connectivity index (χ0v) is 4.40. The maximum atomic E-state index is 6.34. The molecule has 1 unspecified atom stereocenters. The fraction of sp³-hybridized carbons (Fsp3) is 1.00. The van der Waals surface area contributed by atoms with Gasteiger partial charge in [-0.1, -0.05) is 20.3 Å². The van der Waals surface area contributed by atoms with Gasteiger partial charge in [0, 0.05) is 6.61 Å². The number of aliphatic hydroxyl groups excluding tert-OH is 1.